The number of carbonyl (C=O) groups excluding carboxylic acids is 2. The van der Waals surface area contributed by atoms with Crippen molar-refractivity contribution < 1.29 is 14.0 Å². The van der Waals surface area contributed by atoms with Gasteiger partial charge in [0.05, 0.1) is 6.21 Å². The number of carbonyl (C=O) groups is 2. The molecule has 2 aliphatic heterocycles. The molecule has 0 atom stereocenters. The van der Waals surface area contributed by atoms with Crippen molar-refractivity contribution in [3.05, 3.63) is 47.2 Å². The smallest absolute Gasteiger partial charge is 0.347 e. The maximum atomic E-state index is 12.6. The molecule has 9 heteroatoms. The van der Waals surface area contributed by atoms with E-state index in [-0.39, 0.29) is 18.5 Å². The number of hydrogen-bond acceptors (Lipinski definition) is 6. The van der Waals surface area contributed by atoms with Crippen LogP contribution in [0.3, 0.4) is 0 Å². The van der Waals surface area contributed by atoms with Crippen LogP contribution in [0, 0.1) is 0 Å². The molecule has 0 saturated carbocycles. The van der Waals surface area contributed by atoms with Crippen LogP contribution in [0.1, 0.15) is 25.0 Å². The third-order valence-corrected chi connectivity index (χ3v) is 6.32. The van der Waals surface area contributed by atoms with Crippen LogP contribution in [-0.4, -0.2) is 90.7 Å². The molecular weight excluding hydrogens is 442 g/mol. The fourth-order valence-electron chi connectivity index (χ4n) is 4.01. The number of piperazine rings is 1. The molecule has 3 amide bonds. The van der Waals surface area contributed by atoms with Gasteiger partial charge in [-0.2, -0.15) is 5.10 Å². The van der Waals surface area contributed by atoms with Gasteiger partial charge in [0.25, 0.3) is 5.91 Å². The molecule has 2 aliphatic rings. The van der Waals surface area contributed by atoms with Crippen LogP contribution in [0.5, 0.6) is 0 Å². The zero-order valence-corrected chi connectivity index (χ0v) is 19.7. The topological polar surface area (TPSA) is 72.6 Å². The lowest BCUT2D eigenvalue weighted by Crippen LogP contribution is -2.44. The Morgan fingerprint density at radius 2 is 1.70 bits per heavy atom. The van der Waals surface area contributed by atoms with Gasteiger partial charge in [-0.25, -0.2) is 9.80 Å². The number of hydrazone groups is 1. The Morgan fingerprint density at radius 1 is 0.970 bits per heavy atom. The standard InChI is InChI=1S/C24H30ClN5O3/c1-27-13-15-28(16-14-27)11-3-2-4-12-29-23(31)18-30(24(29)32)26-17-21-9-10-22(33-21)19-5-7-20(25)8-6-19/h5-10,17H,2-4,11-16,18H2,1H3. The number of hydrogen-bond donors (Lipinski definition) is 0. The molecule has 0 radical (unpaired) electrons. The van der Waals surface area contributed by atoms with Crippen molar-refractivity contribution in [2.45, 2.75) is 19.3 Å². The van der Waals surface area contributed by atoms with Gasteiger partial charge in [-0.05, 0) is 62.8 Å². The van der Waals surface area contributed by atoms with E-state index in [1.54, 1.807) is 18.2 Å². The minimum Gasteiger partial charge on any atom is -0.455 e. The quantitative estimate of drug-likeness (QED) is 0.317. The van der Waals surface area contributed by atoms with Gasteiger partial charge in [-0.15, -0.1) is 0 Å². The lowest BCUT2D eigenvalue weighted by molar-refractivity contribution is -0.125. The molecule has 33 heavy (non-hydrogen) atoms. The zero-order chi connectivity index (χ0) is 23.2. The summed E-state index contributed by atoms with van der Waals surface area (Å²) in [5, 5.41) is 6.03. The number of unbranched alkanes of at least 4 members (excludes halogenated alkanes) is 2. The van der Waals surface area contributed by atoms with Crippen molar-refractivity contribution in [2.24, 2.45) is 5.10 Å². The van der Waals surface area contributed by atoms with E-state index in [1.807, 2.05) is 18.2 Å². The largest absolute Gasteiger partial charge is 0.455 e. The third kappa shape index (κ3) is 6.22. The van der Waals surface area contributed by atoms with E-state index in [9.17, 15) is 9.59 Å². The van der Waals surface area contributed by atoms with Gasteiger partial charge in [-0.1, -0.05) is 18.0 Å². The molecular formula is C24H30ClN5O3. The Labute approximate surface area is 199 Å². The molecule has 1 aromatic carbocycles. The summed E-state index contributed by atoms with van der Waals surface area (Å²) in [5.41, 5.74) is 0.894. The summed E-state index contributed by atoms with van der Waals surface area (Å²) in [6.07, 6.45) is 4.35. The highest BCUT2D eigenvalue weighted by molar-refractivity contribution is 6.30. The molecule has 0 aliphatic carbocycles. The van der Waals surface area contributed by atoms with Crippen LogP contribution in [0.15, 0.2) is 45.9 Å². The number of likely N-dealkylation sites (N-methyl/N-ethyl adjacent to an activating group) is 1. The van der Waals surface area contributed by atoms with Crippen molar-refractivity contribution in [1.82, 2.24) is 19.7 Å². The number of urea groups is 1. The second-order valence-electron chi connectivity index (χ2n) is 8.54. The van der Waals surface area contributed by atoms with Crippen LogP contribution in [0.25, 0.3) is 11.3 Å². The normalized spacial score (nSPS) is 18.2. The van der Waals surface area contributed by atoms with Crippen molar-refractivity contribution in [1.29, 1.82) is 0 Å². The minimum absolute atomic E-state index is 0.0403. The average Bonchev–Trinajstić information content (AvgIpc) is 3.39. The number of nitrogens with zero attached hydrogens (tertiary/aromatic N) is 5. The number of halogens is 1. The second kappa shape index (κ2) is 11.0. The summed E-state index contributed by atoms with van der Waals surface area (Å²) >= 11 is 5.92. The highest BCUT2D eigenvalue weighted by atomic mass is 35.5. The summed E-state index contributed by atoms with van der Waals surface area (Å²) < 4.78 is 5.77. The molecule has 4 rings (SSSR count). The number of amides is 3. The lowest BCUT2D eigenvalue weighted by Gasteiger charge is -2.32. The Balaban J connectivity index is 1.22. The molecule has 0 spiro atoms. The second-order valence-corrected chi connectivity index (χ2v) is 8.98. The van der Waals surface area contributed by atoms with E-state index in [4.69, 9.17) is 16.0 Å². The van der Waals surface area contributed by atoms with Crippen LogP contribution in [0.4, 0.5) is 4.79 Å². The molecule has 0 N–H and O–H groups in total. The Morgan fingerprint density at radius 3 is 2.45 bits per heavy atom. The number of rotatable bonds is 9. The van der Waals surface area contributed by atoms with Crippen molar-refractivity contribution in [3.63, 3.8) is 0 Å². The fraction of sp³-hybridized carbons (Fsp3) is 0.458. The first-order chi connectivity index (χ1) is 16.0. The molecule has 2 aromatic rings. The Bertz CT molecular complexity index is 982. The van der Waals surface area contributed by atoms with E-state index >= 15 is 0 Å². The van der Waals surface area contributed by atoms with Gasteiger partial charge in [0, 0.05) is 43.3 Å². The van der Waals surface area contributed by atoms with Crippen molar-refractivity contribution in [2.75, 3.05) is 52.9 Å². The molecule has 0 bridgehead atoms. The first-order valence-electron chi connectivity index (χ1n) is 11.4. The first kappa shape index (κ1) is 23.5. The average molecular weight is 472 g/mol. The Kier molecular flexibility index (Phi) is 7.80. The van der Waals surface area contributed by atoms with E-state index in [2.05, 4.69) is 21.9 Å². The highest BCUT2D eigenvalue weighted by Crippen LogP contribution is 2.23. The van der Waals surface area contributed by atoms with E-state index in [1.165, 1.54) is 16.1 Å². The predicted octanol–water partition coefficient (Wildman–Crippen LogP) is 3.62. The lowest BCUT2D eigenvalue weighted by atomic mass is 10.2. The summed E-state index contributed by atoms with van der Waals surface area (Å²) in [4.78, 5) is 31.0. The molecule has 3 heterocycles. The number of furan rings is 1. The van der Waals surface area contributed by atoms with Gasteiger partial charge in [0.1, 0.15) is 18.1 Å². The van der Waals surface area contributed by atoms with Crippen LogP contribution in [-0.2, 0) is 4.79 Å². The minimum atomic E-state index is -0.375. The van der Waals surface area contributed by atoms with Crippen LogP contribution in [0.2, 0.25) is 5.02 Å². The maximum Gasteiger partial charge on any atom is 0.347 e. The predicted molar refractivity (Wildman–Crippen MR) is 128 cm³/mol. The van der Waals surface area contributed by atoms with E-state index < -0.39 is 0 Å². The number of imide groups is 1. The highest BCUT2D eigenvalue weighted by Gasteiger charge is 2.35. The monoisotopic (exact) mass is 471 g/mol. The molecule has 2 fully saturated rings. The van der Waals surface area contributed by atoms with Gasteiger partial charge >= 0.3 is 6.03 Å². The maximum absolute atomic E-state index is 12.6. The van der Waals surface area contributed by atoms with Gasteiger partial charge < -0.3 is 14.2 Å². The van der Waals surface area contributed by atoms with Crippen LogP contribution >= 0.6 is 11.6 Å². The van der Waals surface area contributed by atoms with E-state index in [0.717, 1.165) is 57.5 Å². The zero-order valence-electron chi connectivity index (χ0n) is 19.0. The van der Waals surface area contributed by atoms with Crippen molar-refractivity contribution >= 4 is 29.8 Å². The summed E-state index contributed by atoms with van der Waals surface area (Å²) in [5.74, 6) is 0.968. The number of benzene rings is 1. The Hall–Kier alpha value is -2.68. The SMILES string of the molecule is CN1CCN(CCCCCN2C(=O)CN(N=Cc3ccc(-c4ccc(Cl)cc4)o3)C2=O)CC1. The molecule has 2 saturated heterocycles. The summed E-state index contributed by atoms with van der Waals surface area (Å²) in [6.45, 7) is 5.94. The summed E-state index contributed by atoms with van der Waals surface area (Å²) in [6, 6.07) is 10.6. The van der Waals surface area contributed by atoms with Gasteiger partial charge in [-0.3, -0.25) is 9.69 Å². The molecule has 8 nitrogen and oxygen atoms in total. The molecule has 1 aromatic heterocycles. The fourth-order valence-corrected chi connectivity index (χ4v) is 4.14. The molecule has 0 unspecified atom stereocenters. The first-order valence-corrected chi connectivity index (χ1v) is 11.8. The van der Waals surface area contributed by atoms with Gasteiger partial charge in [0.2, 0.25) is 0 Å². The van der Waals surface area contributed by atoms with Crippen LogP contribution < -0.4 is 0 Å². The van der Waals surface area contributed by atoms with Gasteiger partial charge in [0.15, 0.2) is 0 Å². The van der Waals surface area contributed by atoms with E-state index in [0.29, 0.717) is 23.1 Å². The molecule has 176 valence electrons. The summed E-state index contributed by atoms with van der Waals surface area (Å²) in [7, 11) is 2.15. The third-order valence-electron chi connectivity index (χ3n) is 6.07. The van der Waals surface area contributed by atoms with Crippen molar-refractivity contribution in [3.8, 4) is 11.3 Å².